The quantitative estimate of drug-likeness (QED) is 0.745. The van der Waals surface area contributed by atoms with Crippen LogP contribution in [-0.2, 0) is 14.9 Å². The normalized spacial score (nSPS) is 19.4. The van der Waals surface area contributed by atoms with Gasteiger partial charge in [-0.1, -0.05) is 6.42 Å². The average molecular weight is 288 g/mol. The second-order valence-corrected chi connectivity index (χ2v) is 6.83. The van der Waals surface area contributed by atoms with Crippen molar-refractivity contribution in [1.29, 1.82) is 0 Å². The van der Waals surface area contributed by atoms with Crippen LogP contribution in [0, 0.1) is 0 Å². The molecule has 1 fully saturated rings. The number of amides is 2. The molecule has 21 heavy (non-hydrogen) atoms. The first-order valence-electron chi connectivity index (χ1n) is 7.22. The van der Waals surface area contributed by atoms with E-state index >= 15 is 0 Å². The largest absolute Gasteiger partial charge is 0.443 e. The van der Waals surface area contributed by atoms with E-state index in [1.165, 1.54) is 4.90 Å². The van der Waals surface area contributed by atoms with Crippen molar-refractivity contribution >= 4 is 23.4 Å². The number of carbonyl (C=O) groups excluding carboxylic acids is 2. The Kier molecular flexibility index (Phi) is 2.80. The molecule has 0 radical (unpaired) electrons. The minimum absolute atomic E-state index is 0.177. The number of anilines is 2. The highest BCUT2D eigenvalue weighted by atomic mass is 16.6. The Balaban J connectivity index is 2.04. The zero-order chi connectivity index (χ0) is 15.4. The molecule has 2 amide bonds. The number of fused-ring (bicyclic) bond motifs is 2. The molecule has 2 aliphatic rings. The van der Waals surface area contributed by atoms with E-state index in [1.807, 2.05) is 6.07 Å². The summed E-state index contributed by atoms with van der Waals surface area (Å²) in [6.45, 7) is 5.36. The molecule has 1 heterocycles. The molecule has 1 aromatic rings. The van der Waals surface area contributed by atoms with E-state index in [0.717, 1.165) is 24.8 Å². The first kappa shape index (κ1) is 13.9. The number of nitrogens with zero attached hydrogens (tertiary/aromatic N) is 1. The van der Waals surface area contributed by atoms with Gasteiger partial charge in [0.2, 0.25) is 5.91 Å². The molecule has 0 bridgehead atoms. The van der Waals surface area contributed by atoms with Crippen LogP contribution in [0.1, 0.15) is 45.6 Å². The molecule has 3 rings (SSSR count). The van der Waals surface area contributed by atoms with Gasteiger partial charge in [-0.2, -0.15) is 0 Å². The number of nitrogen functional groups attached to an aromatic ring is 1. The van der Waals surface area contributed by atoms with Gasteiger partial charge in [0.1, 0.15) is 5.60 Å². The highest BCUT2D eigenvalue weighted by molar-refractivity contribution is 6.21. The SMILES string of the molecule is CC(C)(C)OC(=O)N1C(=O)C2(CCC2)c2cc(N)ccc21. The molecular formula is C16H20N2O3. The van der Waals surface area contributed by atoms with Crippen molar-refractivity contribution in [2.24, 2.45) is 0 Å². The molecule has 0 saturated heterocycles. The maximum Gasteiger partial charge on any atom is 0.421 e. The van der Waals surface area contributed by atoms with Gasteiger partial charge in [-0.25, -0.2) is 9.69 Å². The Labute approximate surface area is 124 Å². The van der Waals surface area contributed by atoms with E-state index in [2.05, 4.69) is 0 Å². The highest BCUT2D eigenvalue weighted by Gasteiger charge is 2.56. The van der Waals surface area contributed by atoms with Crippen LogP contribution in [0.5, 0.6) is 0 Å². The first-order chi connectivity index (χ1) is 9.74. The van der Waals surface area contributed by atoms with Gasteiger partial charge in [-0.05, 0) is 57.4 Å². The van der Waals surface area contributed by atoms with Gasteiger partial charge in [-0.15, -0.1) is 0 Å². The third-order valence-corrected chi connectivity index (χ3v) is 4.17. The fourth-order valence-corrected chi connectivity index (χ4v) is 3.07. The van der Waals surface area contributed by atoms with Crippen LogP contribution < -0.4 is 10.6 Å². The number of imide groups is 1. The van der Waals surface area contributed by atoms with Gasteiger partial charge in [0.25, 0.3) is 0 Å². The fourth-order valence-electron chi connectivity index (χ4n) is 3.07. The highest BCUT2D eigenvalue weighted by Crippen LogP contribution is 2.54. The third kappa shape index (κ3) is 1.99. The van der Waals surface area contributed by atoms with Crippen LogP contribution in [0.3, 0.4) is 0 Å². The number of hydrogen-bond acceptors (Lipinski definition) is 4. The molecule has 112 valence electrons. The van der Waals surface area contributed by atoms with Crippen LogP contribution in [-0.4, -0.2) is 17.6 Å². The van der Waals surface area contributed by atoms with E-state index < -0.39 is 17.1 Å². The van der Waals surface area contributed by atoms with E-state index in [1.54, 1.807) is 32.9 Å². The molecule has 0 unspecified atom stereocenters. The molecule has 1 spiro atoms. The van der Waals surface area contributed by atoms with Crippen molar-refractivity contribution in [3.05, 3.63) is 23.8 Å². The van der Waals surface area contributed by atoms with Crippen LogP contribution >= 0.6 is 0 Å². The van der Waals surface area contributed by atoms with Crippen molar-refractivity contribution in [2.45, 2.75) is 51.0 Å². The van der Waals surface area contributed by atoms with Gasteiger partial charge in [0.05, 0.1) is 11.1 Å². The van der Waals surface area contributed by atoms with Crippen molar-refractivity contribution < 1.29 is 14.3 Å². The number of hydrogen-bond donors (Lipinski definition) is 1. The molecule has 1 aliphatic heterocycles. The lowest BCUT2D eigenvalue weighted by atomic mass is 9.65. The van der Waals surface area contributed by atoms with E-state index in [-0.39, 0.29) is 5.91 Å². The maximum atomic E-state index is 12.8. The molecular weight excluding hydrogens is 268 g/mol. The van der Waals surface area contributed by atoms with Crippen LogP contribution in [0.2, 0.25) is 0 Å². The summed E-state index contributed by atoms with van der Waals surface area (Å²) in [5.74, 6) is -0.177. The number of nitrogens with two attached hydrogens (primary N) is 1. The predicted molar refractivity (Wildman–Crippen MR) is 80.1 cm³/mol. The lowest BCUT2D eigenvalue weighted by Gasteiger charge is -2.36. The van der Waals surface area contributed by atoms with Crippen molar-refractivity contribution in [1.82, 2.24) is 0 Å². The summed E-state index contributed by atoms with van der Waals surface area (Å²) in [5.41, 5.74) is 6.74. The van der Waals surface area contributed by atoms with Crippen molar-refractivity contribution in [3.63, 3.8) is 0 Å². The fraction of sp³-hybridized carbons (Fsp3) is 0.500. The topological polar surface area (TPSA) is 72.6 Å². The molecule has 0 aromatic heterocycles. The number of carbonyl (C=O) groups is 2. The van der Waals surface area contributed by atoms with Gasteiger partial charge < -0.3 is 10.5 Å². The molecule has 1 aliphatic carbocycles. The lowest BCUT2D eigenvalue weighted by Crippen LogP contribution is -2.48. The third-order valence-electron chi connectivity index (χ3n) is 4.17. The second-order valence-electron chi connectivity index (χ2n) is 6.83. The molecule has 0 atom stereocenters. The summed E-state index contributed by atoms with van der Waals surface area (Å²) in [6, 6.07) is 5.26. The lowest BCUT2D eigenvalue weighted by molar-refractivity contribution is -0.125. The van der Waals surface area contributed by atoms with Crippen LogP contribution in [0.4, 0.5) is 16.2 Å². The summed E-state index contributed by atoms with van der Waals surface area (Å²) in [6.07, 6.45) is 1.91. The Morgan fingerprint density at radius 3 is 2.52 bits per heavy atom. The average Bonchev–Trinajstić information content (AvgIpc) is 2.54. The number of rotatable bonds is 0. The minimum atomic E-state index is -0.638. The van der Waals surface area contributed by atoms with Gasteiger partial charge in [0.15, 0.2) is 0 Å². The van der Waals surface area contributed by atoms with E-state index in [9.17, 15) is 9.59 Å². The summed E-state index contributed by atoms with van der Waals surface area (Å²) in [4.78, 5) is 26.4. The first-order valence-corrected chi connectivity index (χ1v) is 7.22. The second kappa shape index (κ2) is 4.23. The van der Waals surface area contributed by atoms with E-state index in [0.29, 0.717) is 11.4 Å². The van der Waals surface area contributed by atoms with Crippen LogP contribution in [0.25, 0.3) is 0 Å². The van der Waals surface area contributed by atoms with Gasteiger partial charge in [0, 0.05) is 5.69 Å². The number of benzene rings is 1. The zero-order valence-corrected chi connectivity index (χ0v) is 12.6. The predicted octanol–water partition coefficient (Wildman–Crippen LogP) is 2.97. The van der Waals surface area contributed by atoms with Crippen LogP contribution in [0.15, 0.2) is 18.2 Å². The Morgan fingerprint density at radius 2 is 2.00 bits per heavy atom. The minimum Gasteiger partial charge on any atom is -0.443 e. The summed E-state index contributed by atoms with van der Waals surface area (Å²) >= 11 is 0. The zero-order valence-electron chi connectivity index (χ0n) is 12.6. The summed E-state index contributed by atoms with van der Waals surface area (Å²) in [7, 11) is 0. The van der Waals surface area contributed by atoms with Crippen molar-refractivity contribution in [3.8, 4) is 0 Å². The van der Waals surface area contributed by atoms with Gasteiger partial charge in [-0.3, -0.25) is 4.79 Å². The van der Waals surface area contributed by atoms with Gasteiger partial charge >= 0.3 is 6.09 Å². The number of ether oxygens (including phenoxy) is 1. The summed E-state index contributed by atoms with van der Waals surface area (Å²) < 4.78 is 5.38. The molecule has 5 nitrogen and oxygen atoms in total. The molecule has 1 saturated carbocycles. The monoisotopic (exact) mass is 288 g/mol. The Morgan fingerprint density at radius 1 is 1.33 bits per heavy atom. The van der Waals surface area contributed by atoms with E-state index in [4.69, 9.17) is 10.5 Å². The smallest absolute Gasteiger partial charge is 0.421 e. The Bertz CT molecular complexity index is 627. The Hall–Kier alpha value is -2.04. The standard InChI is InChI=1S/C16H20N2O3/c1-15(2,3)21-14(20)18-12-6-5-10(17)9-11(12)16(13(18)19)7-4-8-16/h5-6,9H,4,7-8,17H2,1-3H3. The summed E-state index contributed by atoms with van der Waals surface area (Å²) in [5, 5.41) is 0. The maximum absolute atomic E-state index is 12.8. The van der Waals surface area contributed by atoms with Crippen molar-refractivity contribution in [2.75, 3.05) is 10.6 Å². The molecule has 5 heteroatoms. The molecule has 2 N–H and O–H groups in total. The molecule has 1 aromatic carbocycles.